The van der Waals surface area contributed by atoms with E-state index in [1.165, 1.54) is 75.7 Å². The summed E-state index contributed by atoms with van der Waals surface area (Å²) in [6.45, 7) is 10.0. The second-order valence-corrected chi connectivity index (χ2v) is 7.46. The SMILES string of the molecule is CCCN(CCC)CCCCCCc1ccc(CNCc2ncc[nH]2)cc1. The van der Waals surface area contributed by atoms with Crippen LogP contribution in [0.4, 0.5) is 0 Å². The molecule has 0 saturated heterocycles. The van der Waals surface area contributed by atoms with Crippen molar-refractivity contribution < 1.29 is 0 Å². The molecule has 4 heteroatoms. The maximum absolute atomic E-state index is 4.22. The number of imidazole rings is 1. The summed E-state index contributed by atoms with van der Waals surface area (Å²) in [5.74, 6) is 0.985. The summed E-state index contributed by atoms with van der Waals surface area (Å²) in [4.78, 5) is 9.96. The van der Waals surface area contributed by atoms with Gasteiger partial charge in [0, 0.05) is 18.9 Å². The normalized spacial score (nSPS) is 11.4. The topological polar surface area (TPSA) is 44.0 Å². The van der Waals surface area contributed by atoms with Crippen LogP contribution < -0.4 is 5.32 Å². The van der Waals surface area contributed by atoms with Crippen LogP contribution in [-0.4, -0.2) is 34.5 Å². The molecule has 27 heavy (non-hydrogen) atoms. The van der Waals surface area contributed by atoms with Crippen molar-refractivity contribution in [3.05, 3.63) is 53.6 Å². The Hall–Kier alpha value is -1.65. The number of hydrogen-bond acceptors (Lipinski definition) is 3. The van der Waals surface area contributed by atoms with Gasteiger partial charge in [-0.25, -0.2) is 4.98 Å². The standard InChI is InChI=1S/C23H38N4/c1-3-16-27(17-4-2)18-8-6-5-7-9-21-10-12-22(13-11-21)19-24-20-23-25-14-15-26-23/h10-15,24H,3-9,16-20H2,1-2H3,(H,25,26). The van der Waals surface area contributed by atoms with Gasteiger partial charge in [0.25, 0.3) is 0 Å². The first-order valence-electron chi connectivity index (χ1n) is 10.8. The fourth-order valence-electron chi connectivity index (χ4n) is 3.53. The Labute approximate surface area is 165 Å². The van der Waals surface area contributed by atoms with Crippen LogP contribution in [0.1, 0.15) is 69.3 Å². The molecule has 0 unspecified atom stereocenters. The number of H-pyrrole nitrogens is 1. The lowest BCUT2D eigenvalue weighted by Crippen LogP contribution is -2.26. The van der Waals surface area contributed by atoms with E-state index in [0.717, 1.165) is 18.9 Å². The van der Waals surface area contributed by atoms with Crippen molar-refractivity contribution in [3.63, 3.8) is 0 Å². The van der Waals surface area contributed by atoms with E-state index in [9.17, 15) is 0 Å². The Morgan fingerprint density at radius 3 is 2.22 bits per heavy atom. The lowest BCUT2D eigenvalue weighted by atomic mass is 10.0. The zero-order valence-electron chi connectivity index (χ0n) is 17.3. The number of unbranched alkanes of at least 4 members (excludes halogenated alkanes) is 3. The second-order valence-electron chi connectivity index (χ2n) is 7.46. The van der Waals surface area contributed by atoms with Crippen LogP contribution in [0.5, 0.6) is 0 Å². The fraction of sp³-hybridized carbons (Fsp3) is 0.609. The van der Waals surface area contributed by atoms with Gasteiger partial charge in [-0.2, -0.15) is 0 Å². The number of benzene rings is 1. The van der Waals surface area contributed by atoms with Gasteiger partial charge >= 0.3 is 0 Å². The van der Waals surface area contributed by atoms with Crippen molar-refractivity contribution in [2.24, 2.45) is 0 Å². The summed E-state index contributed by atoms with van der Waals surface area (Å²) in [6.07, 6.45) is 12.8. The van der Waals surface area contributed by atoms with Crippen molar-refractivity contribution in [2.75, 3.05) is 19.6 Å². The molecule has 1 heterocycles. The van der Waals surface area contributed by atoms with Crippen LogP contribution in [0.3, 0.4) is 0 Å². The van der Waals surface area contributed by atoms with Crippen LogP contribution in [0.15, 0.2) is 36.7 Å². The first kappa shape index (κ1) is 21.6. The van der Waals surface area contributed by atoms with Gasteiger partial charge in [0.2, 0.25) is 0 Å². The summed E-state index contributed by atoms with van der Waals surface area (Å²) in [5, 5.41) is 3.42. The maximum Gasteiger partial charge on any atom is 0.120 e. The minimum Gasteiger partial charge on any atom is -0.348 e. The van der Waals surface area contributed by atoms with Gasteiger partial charge in [-0.05, 0) is 62.9 Å². The molecule has 0 aliphatic rings. The summed E-state index contributed by atoms with van der Waals surface area (Å²) < 4.78 is 0. The highest BCUT2D eigenvalue weighted by Gasteiger charge is 2.02. The van der Waals surface area contributed by atoms with E-state index in [2.05, 4.69) is 58.3 Å². The van der Waals surface area contributed by atoms with Crippen LogP contribution >= 0.6 is 0 Å². The first-order valence-corrected chi connectivity index (χ1v) is 10.8. The number of aryl methyl sites for hydroxylation is 1. The Morgan fingerprint density at radius 1 is 0.852 bits per heavy atom. The first-order chi connectivity index (χ1) is 13.3. The summed E-state index contributed by atoms with van der Waals surface area (Å²) in [5.41, 5.74) is 2.79. The molecule has 150 valence electrons. The predicted octanol–water partition coefficient (Wildman–Crippen LogP) is 4.92. The van der Waals surface area contributed by atoms with Crippen molar-refractivity contribution >= 4 is 0 Å². The molecule has 0 saturated carbocycles. The highest BCUT2D eigenvalue weighted by atomic mass is 15.1. The average molecular weight is 371 g/mol. The molecule has 0 atom stereocenters. The quantitative estimate of drug-likeness (QED) is 0.437. The van der Waals surface area contributed by atoms with E-state index in [1.807, 2.05) is 6.20 Å². The minimum absolute atomic E-state index is 0.780. The molecule has 4 nitrogen and oxygen atoms in total. The fourth-order valence-corrected chi connectivity index (χ4v) is 3.53. The Kier molecular flexibility index (Phi) is 10.8. The molecular weight excluding hydrogens is 332 g/mol. The Bertz CT molecular complexity index is 571. The van der Waals surface area contributed by atoms with Gasteiger partial charge < -0.3 is 15.2 Å². The minimum atomic E-state index is 0.780. The molecule has 0 radical (unpaired) electrons. The zero-order valence-corrected chi connectivity index (χ0v) is 17.3. The number of rotatable bonds is 15. The van der Waals surface area contributed by atoms with E-state index in [1.54, 1.807) is 6.20 Å². The van der Waals surface area contributed by atoms with E-state index in [-0.39, 0.29) is 0 Å². The Balaban J connectivity index is 1.54. The lowest BCUT2D eigenvalue weighted by molar-refractivity contribution is 0.268. The molecule has 0 spiro atoms. The molecule has 2 rings (SSSR count). The van der Waals surface area contributed by atoms with Gasteiger partial charge in [-0.15, -0.1) is 0 Å². The van der Waals surface area contributed by atoms with Gasteiger partial charge in [-0.3, -0.25) is 0 Å². The van der Waals surface area contributed by atoms with Crippen LogP contribution in [-0.2, 0) is 19.5 Å². The third-order valence-corrected chi connectivity index (χ3v) is 4.97. The van der Waals surface area contributed by atoms with Crippen molar-refractivity contribution in [1.82, 2.24) is 20.2 Å². The van der Waals surface area contributed by atoms with Crippen LogP contribution in [0.2, 0.25) is 0 Å². The predicted molar refractivity (Wildman–Crippen MR) is 115 cm³/mol. The van der Waals surface area contributed by atoms with E-state index in [0.29, 0.717) is 0 Å². The number of aromatic nitrogens is 2. The van der Waals surface area contributed by atoms with Crippen molar-refractivity contribution in [1.29, 1.82) is 0 Å². The lowest BCUT2D eigenvalue weighted by Gasteiger charge is -2.20. The summed E-state index contributed by atoms with van der Waals surface area (Å²) in [6, 6.07) is 9.07. The molecule has 2 aromatic rings. The molecule has 1 aromatic carbocycles. The number of aromatic amines is 1. The molecule has 0 bridgehead atoms. The number of nitrogens with one attached hydrogen (secondary N) is 2. The summed E-state index contributed by atoms with van der Waals surface area (Å²) >= 11 is 0. The van der Waals surface area contributed by atoms with Gasteiger partial charge in [-0.1, -0.05) is 51.0 Å². The third-order valence-electron chi connectivity index (χ3n) is 4.97. The largest absolute Gasteiger partial charge is 0.348 e. The number of nitrogens with zero attached hydrogens (tertiary/aromatic N) is 2. The van der Waals surface area contributed by atoms with E-state index >= 15 is 0 Å². The highest BCUT2D eigenvalue weighted by molar-refractivity contribution is 5.22. The zero-order chi connectivity index (χ0) is 19.2. The number of hydrogen-bond donors (Lipinski definition) is 2. The Morgan fingerprint density at radius 2 is 1.56 bits per heavy atom. The van der Waals surface area contributed by atoms with Gasteiger partial charge in [0.05, 0.1) is 6.54 Å². The van der Waals surface area contributed by atoms with Gasteiger partial charge in [0.1, 0.15) is 5.82 Å². The third kappa shape index (κ3) is 9.21. The smallest absolute Gasteiger partial charge is 0.120 e. The van der Waals surface area contributed by atoms with Gasteiger partial charge in [0.15, 0.2) is 0 Å². The molecular formula is C23H38N4. The van der Waals surface area contributed by atoms with E-state index < -0.39 is 0 Å². The second kappa shape index (κ2) is 13.5. The molecule has 2 N–H and O–H groups in total. The highest BCUT2D eigenvalue weighted by Crippen LogP contribution is 2.10. The summed E-state index contributed by atoms with van der Waals surface area (Å²) in [7, 11) is 0. The molecule has 0 amide bonds. The average Bonchev–Trinajstić information content (AvgIpc) is 3.19. The molecule has 1 aromatic heterocycles. The van der Waals surface area contributed by atoms with Crippen LogP contribution in [0, 0.1) is 0 Å². The maximum atomic E-state index is 4.22. The van der Waals surface area contributed by atoms with Crippen molar-refractivity contribution in [3.8, 4) is 0 Å². The molecule has 0 aliphatic heterocycles. The van der Waals surface area contributed by atoms with Crippen LogP contribution in [0.25, 0.3) is 0 Å². The molecule has 0 fully saturated rings. The molecule has 0 aliphatic carbocycles. The van der Waals surface area contributed by atoms with Crippen molar-refractivity contribution in [2.45, 2.75) is 71.9 Å². The monoisotopic (exact) mass is 370 g/mol. The van der Waals surface area contributed by atoms with E-state index in [4.69, 9.17) is 0 Å².